The molecule has 0 bridgehead atoms. The monoisotopic (exact) mass is 624 g/mol. The van der Waals surface area contributed by atoms with Crippen molar-refractivity contribution < 1.29 is 34.1 Å². The molecule has 2 fully saturated rings. The Labute approximate surface area is 267 Å². The van der Waals surface area contributed by atoms with Gasteiger partial charge < -0.3 is 20.3 Å². The van der Waals surface area contributed by atoms with Crippen molar-refractivity contribution in [3.05, 3.63) is 40.9 Å². The molecule has 9 heteroatoms. The van der Waals surface area contributed by atoms with Crippen LogP contribution in [0.4, 0.5) is 0 Å². The van der Waals surface area contributed by atoms with E-state index < -0.39 is 28.7 Å². The van der Waals surface area contributed by atoms with Gasteiger partial charge in [0.2, 0.25) is 5.91 Å². The number of carbonyl (C=O) groups excluding carboxylic acids is 2. The number of nitrogens with one attached hydrogen (secondary N) is 1. The summed E-state index contributed by atoms with van der Waals surface area (Å²) < 4.78 is 5.78. The summed E-state index contributed by atoms with van der Waals surface area (Å²) in [6.45, 7) is 11.9. The molecule has 3 aliphatic rings. The number of carboxylic acids is 2. The molecular formula is C36H52N2O7. The zero-order chi connectivity index (χ0) is 33.2. The molecule has 0 radical (unpaired) electrons. The number of pyridine rings is 1. The second-order valence-corrected chi connectivity index (χ2v) is 14.5. The molecule has 2 saturated carbocycles. The first-order chi connectivity index (χ1) is 21.2. The van der Waals surface area contributed by atoms with Crippen LogP contribution in [0.2, 0.25) is 0 Å². The second-order valence-electron chi connectivity index (χ2n) is 14.5. The summed E-state index contributed by atoms with van der Waals surface area (Å²) in [6.07, 6.45) is 10.7. The van der Waals surface area contributed by atoms with E-state index in [0.29, 0.717) is 29.6 Å². The van der Waals surface area contributed by atoms with Gasteiger partial charge in [0.15, 0.2) is 5.69 Å². The molecule has 0 saturated heterocycles. The zero-order valence-electron chi connectivity index (χ0n) is 27.9. The lowest BCUT2D eigenvalue weighted by Gasteiger charge is -2.36. The average molecular weight is 625 g/mol. The Kier molecular flexibility index (Phi) is 10.5. The SMILES string of the molecule is CCCC1(C(=O)NCc2cccnc2C(=O)O)CCCC1CCC1C(CC)C12CCC(OC(=O)CC(C)(C)C(=O)O)=C(C)C2C. The molecule has 0 aromatic carbocycles. The lowest BCUT2D eigenvalue weighted by atomic mass is 9.70. The number of aromatic nitrogens is 1. The van der Waals surface area contributed by atoms with Gasteiger partial charge in [0.05, 0.1) is 17.3 Å². The number of carbonyl (C=O) groups is 4. The third kappa shape index (κ3) is 6.68. The topological polar surface area (TPSA) is 143 Å². The van der Waals surface area contributed by atoms with Gasteiger partial charge in [0, 0.05) is 24.7 Å². The van der Waals surface area contributed by atoms with Gasteiger partial charge in [0.1, 0.15) is 5.76 Å². The van der Waals surface area contributed by atoms with Gasteiger partial charge in [-0.25, -0.2) is 9.78 Å². The highest BCUT2D eigenvalue weighted by molar-refractivity contribution is 5.88. The van der Waals surface area contributed by atoms with Crippen LogP contribution in [0.1, 0.15) is 128 Å². The quantitative estimate of drug-likeness (QED) is 0.185. The number of ether oxygens (including phenoxy) is 1. The average Bonchev–Trinajstić information content (AvgIpc) is 3.42. The highest BCUT2D eigenvalue weighted by atomic mass is 16.5. The van der Waals surface area contributed by atoms with Gasteiger partial charge in [-0.05, 0) is 100 Å². The van der Waals surface area contributed by atoms with Crippen LogP contribution < -0.4 is 5.32 Å². The van der Waals surface area contributed by atoms with Crippen LogP contribution in [0.25, 0.3) is 0 Å². The maximum Gasteiger partial charge on any atom is 0.354 e. The Balaban J connectivity index is 1.43. The summed E-state index contributed by atoms with van der Waals surface area (Å²) >= 11 is 0. The van der Waals surface area contributed by atoms with E-state index in [4.69, 9.17) is 4.74 Å². The van der Waals surface area contributed by atoms with Crippen molar-refractivity contribution in [2.75, 3.05) is 0 Å². The van der Waals surface area contributed by atoms with Crippen molar-refractivity contribution in [1.82, 2.24) is 10.3 Å². The number of amides is 1. The molecule has 1 amide bonds. The van der Waals surface area contributed by atoms with Crippen molar-refractivity contribution in [3.63, 3.8) is 0 Å². The molecule has 4 rings (SSSR count). The Hall–Kier alpha value is -3.23. The molecule has 0 aliphatic heterocycles. The van der Waals surface area contributed by atoms with E-state index in [0.717, 1.165) is 63.4 Å². The maximum atomic E-state index is 13.9. The molecule has 3 aliphatic carbocycles. The van der Waals surface area contributed by atoms with Crippen molar-refractivity contribution >= 4 is 23.8 Å². The summed E-state index contributed by atoms with van der Waals surface area (Å²) in [4.78, 5) is 53.7. The summed E-state index contributed by atoms with van der Waals surface area (Å²) in [5.74, 6) is -0.198. The highest BCUT2D eigenvalue weighted by Gasteiger charge is 2.66. The summed E-state index contributed by atoms with van der Waals surface area (Å²) in [5, 5.41) is 22.0. The van der Waals surface area contributed by atoms with E-state index in [9.17, 15) is 29.4 Å². The Morgan fingerprint density at radius 1 is 1.11 bits per heavy atom. The van der Waals surface area contributed by atoms with Gasteiger partial charge in [-0.3, -0.25) is 14.4 Å². The minimum absolute atomic E-state index is 0.0251. The minimum Gasteiger partial charge on any atom is -0.481 e. The van der Waals surface area contributed by atoms with Gasteiger partial charge in [-0.15, -0.1) is 0 Å². The van der Waals surface area contributed by atoms with E-state index in [1.807, 2.05) is 0 Å². The predicted molar refractivity (Wildman–Crippen MR) is 170 cm³/mol. The van der Waals surface area contributed by atoms with Gasteiger partial charge in [0.25, 0.3) is 0 Å². The Morgan fingerprint density at radius 2 is 1.84 bits per heavy atom. The first-order valence-electron chi connectivity index (χ1n) is 16.8. The van der Waals surface area contributed by atoms with Crippen molar-refractivity contribution in [2.24, 2.45) is 39.9 Å². The fraction of sp³-hybridized carbons (Fsp3) is 0.694. The van der Waals surface area contributed by atoms with Crippen molar-refractivity contribution in [3.8, 4) is 0 Å². The molecule has 1 aromatic rings. The van der Waals surface area contributed by atoms with E-state index in [2.05, 4.69) is 38.0 Å². The lowest BCUT2D eigenvalue weighted by Crippen LogP contribution is -2.43. The van der Waals surface area contributed by atoms with Crippen LogP contribution in [0.5, 0.6) is 0 Å². The first kappa shape index (κ1) is 34.6. The third-order valence-corrected chi connectivity index (χ3v) is 11.7. The van der Waals surface area contributed by atoms with Crippen LogP contribution in [0.15, 0.2) is 29.7 Å². The van der Waals surface area contributed by atoms with Crippen LogP contribution in [-0.4, -0.2) is 39.0 Å². The number of nitrogens with zero attached hydrogens (tertiary/aromatic N) is 1. The molecule has 1 heterocycles. The normalized spacial score (nSPS) is 29.5. The Morgan fingerprint density at radius 3 is 2.49 bits per heavy atom. The number of carboxylic acid groups (broad SMARTS) is 2. The van der Waals surface area contributed by atoms with Crippen molar-refractivity contribution in [1.29, 1.82) is 0 Å². The largest absolute Gasteiger partial charge is 0.481 e. The molecule has 45 heavy (non-hydrogen) atoms. The van der Waals surface area contributed by atoms with E-state index in [1.54, 1.807) is 12.1 Å². The van der Waals surface area contributed by atoms with Crippen LogP contribution in [-0.2, 0) is 25.7 Å². The molecule has 6 unspecified atom stereocenters. The number of aliphatic carboxylic acids is 1. The van der Waals surface area contributed by atoms with Gasteiger partial charge in [-0.2, -0.15) is 0 Å². The minimum atomic E-state index is -1.17. The predicted octanol–water partition coefficient (Wildman–Crippen LogP) is 7.15. The maximum absolute atomic E-state index is 13.9. The van der Waals surface area contributed by atoms with Crippen LogP contribution in [0.3, 0.4) is 0 Å². The molecule has 1 aromatic heterocycles. The number of esters is 1. The summed E-state index contributed by atoms with van der Waals surface area (Å²) in [6, 6.07) is 3.40. The summed E-state index contributed by atoms with van der Waals surface area (Å²) in [7, 11) is 0. The summed E-state index contributed by atoms with van der Waals surface area (Å²) in [5.41, 5.74) is 0.130. The van der Waals surface area contributed by atoms with Crippen LogP contribution >= 0.6 is 0 Å². The lowest BCUT2D eigenvalue weighted by molar-refractivity contribution is -0.154. The number of aromatic carboxylic acids is 1. The van der Waals surface area contributed by atoms with Crippen molar-refractivity contribution in [2.45, 2.75) is 119 Å². The van der Waals surface area contributed by atoms with Crippen LogP contribution in [0, 0.1) is 39.9 Å². The molecule has 1 spiro atoms. The van der Waals surface area contributed by atoms with E-state index >= 15 is 0 Å². The Bertz CT molecular complexity index is 1340. The van der Waals surface area contributed by atoms with E-state index in [1.165, 1.54) is 20.0 Å². The molecular weight excluding hydrogens is 572 g/mol. The number of hydrogen-bond acceptors (Lipinski definition) is 6. The zero-order valence-corrected chi connectivity index (χ0v) is 27.9. The fourth-order valence-corrected chi connectivity index (χ4v) is 9.17. The highest BCUT2D eigenvalue weighted by Crippen LogP contribution is 2.72. The molecule has 3 N–H and O–H groups in total. The van der Waals surface area contributed by atoms with E-state index in [-0.39, 0.29) is 41.8 Å². The standard InChI is InChI=1S/C36H52N2O7/c1-7-16-35(32(42)38-21-24-11-10-19-37-30(24)31(40)41)17-9-12-25(35)13-14-27-26(8-2)36(27)18-15-28(22(3)23(36)4)45-29(39)20-34(5,6)33(43)44/h10-11,19,23,25-27H,7-9,12-18,20-21H2,1-6H3,(H,38,42)(H,40,41)(H,43,44). The first-order valence-corrected chi connectivity index (χ1v) is 16.8. The number of allylic oxidation sites excluding steroid dienone is 2. The molecule has 6 atom stereocenters. The molecule has 9 nitrogen and oxygen atoms in total. The van der Waals surface area contributed by atoms with Gasteiger partial charge >= 0.3 is 17.9 Å². The molecule has 248 valence electrons. The second kappa shape index (κ2) is 13.6. The fourth-order valence-electron chi connectivity index (χ4n) is 9.17. The smallest absolute Gasteiger partial charge is 0.354 e. The third-order valence-electron chi connectivity index (χ3n) is 11.7. The number of rotatable bonds is 14. The van der Waals surface area contributed by atoms with Gasteiger partial charge in [-0.1, -0.05) is 46.1 Å². The number of hydrogen-bond donors (Lipinski definition) is 3.